The molecule has 0 aromatic heterocycles. The third kappa shape index (κ3) is 2.67. The van der Waals surface area contributed by atoms with E-state index in [9.17, 15) is 4.39 Å². The van der Waals surface area contributed by atoms with Gasteiger partial charge in [-0.1, -0.05) is 12.1 Å². The van der Waals surface area contributed by atoms with E-state index >= 15 is 0 Å². The highest BCUT2D eigenvalue weighted by molar-refractivity contribution is 5.16. The van der Waals surface area contributed by atoms with Gasteiger partial charge in [-0.25, -0.2) is 4.39 Å². The minimum Gasteiger partial charge on any atom is -0.379 e. The Hall–Kier alpha value is -0.930. The molecular weight excluding hydrogens is 217 g/mol. The van der Waals surface area contributed by atoms with Crippen LogP contribution in [-0.2, 0) is 11.3 Å². The number of rotatable bonds is 4. The molecule has 1 aromatic carbocycles. The average Bonchev–Trinajstić information content (AvgIpc) is 3.06. The fourth-order valence-corrected chi connectivity index (χ4v) is 2.67. The fraction of sp³-hybridized carbons (Fsp3) is 0.571. The summed E-state index contributed by atoms with van der Waals surface area (Å²) in [5.41, 5.74) is 1.01. The average molecular weight is 235 g/mol. The molecule has 2 nitrogen and oxygen atoms in total. The van der Waals surface area contributed by atoms with Crippen LogP contribution in [0.25, 0.3) is 0 Å². The zero-order chi connectivity index (χ0) is 11.7. The van der Waals surface area contributed by atoms with Crippen molar-refractivity contribution in [1.29, 1.82) is 0 Å². The molecule has 0 bridgehead atoms. The van der Waals surface area contributed by atoms with Crippen LogP contribution < -0.4 is 5.32 Å². The monoisotopic (exact) mass is 235 g/mol. The molecule has 3 rings (SSSR count). The lowest BCUT2D eigenvalue weighted by Gasteiger charge is -2.18. The Morgan fingerprint density at radius 2 is 2.18 bits per heavy atom. The minimum atomic E-state index is -0.161. The Morgan fingerprint density at radius 3 is 2.94 bits per heavy atom. The number of hydrogen-bond donors (Lipinski definition) is 1. The lowest BCUT2D eigenvalue weighted by Crippen LogP contribution is -2.36. The molecule has 2 aliphatic rings. The van der Waals surface area contributed by atoms with Crippen molar-refractivity contribution in [1.82, 2.24) is 5.32 Å². The van der Waals surface area contributed by atoms with Crippen LogP contribution in [0.1, 0.15) is 18.4 Å². The maximum atomic E-state index is 13.0. The molecular formula is C14H18FNO. The van der Waals surface area contributed by atoms with Crippen LogP contribution in [0.2, 0.25) is 0 Å². The molecule has 2 atom stereocenters. The van der Waals surface area contributed by atoms with Gasteiger partial charge in [-0.05, 0) is 36.5 Å². The Labute approximate surface area is 101 Å². The first-order valence-electron chi connectivity index (χ1n) is 6.38. The van der Waals surface area contributed by atoms with Crippen molar-refractivity contribution in [2.75, 3.05) is 13.2 Å². The SMILES string of the molecule is Fc1cccc(CNC2COCC2C2CC2)c1. The summed E-state index contributed by atoms with van der Waals surface area (Å²) in [5.74, 6) is 1.37. The predicted octanol–water partition coefficient (Wildman–Crippen LogP) is 2.34. The molecule has 1 N–H and O–H groups in total. The molecule has 0 amide bonds. The van der Waals surface area contributed by atoms with E-state index in [1.807, 2.05) is 6.07 Å². The van der Waals surface area contributed by atoms with Gasteiger partial charge in [0.05, 0.1) is 13.2 Å². The van der Waals surface area contributed by atoms with Crippen LogP contribution in [0.4, 0.5) is 4.39 Å². The van der Waals surface area contributed by atoms with E-state index in [1.54, 1.807) is 12.1 Å². The van der Waals surface area contributed by atoms with Crippen molar-refractivity contribution in [3.63, 3.8) is 0 Å². The maximum Gasteiger partial charge on any atom is 0.123 e. The Bertz CT molecular complexity index is 392. The molecule has 0 radical (unpaired) electrons. The first kappa shape index (κ1) is 11.2. The van der Waals surface area contributed by atoms with Crippen LogP contribution >= 0.6 is 0 Å². The van der Waals surface area contributed by atoms with Crippen LogP contribution in [0.15, 0.2) is 24.3 Å². The molecule has 92 valence electrons. The minimum absolute atomic E-state index is 0.161. The van der Waals surface area contributed by atoms with E-state index in [0.29, 0.717) is 12.0 Å². The van der Waals surface area contributed by atoms with Gasteiger partial charge in [0, 0.05) is 18.5 Å². The summed E-state index contributed by atoms with van der Waals surface area (Å²) in [6.07, 6.45) is 2.71. The molecule has 2 unspecified atom stereocenters. The highest BCUT2D eigenvalue weighted by atomic mass is 19.1. The summed E-state index contributed by atoms with van der Waals surface area (Å²) in [6, 6.07) is 7.24. The van der Waals surface area contributed by atoms with Gasteiger partial charge >= 0.3 is 0 Å². The van der Waals surface area contributed by atoms with Gasteiger partial charge in [0.1, 0.15) is 5.82 Å². The second-order valence-electron chi connectivity index (χ2n) is 5.16. The molecule has 2 fully saturated rings. The number of ether oxygens (including phenoxy) is 1. The first-order chi connectivity index (χ1) is 8.33. The molecule has 1 aromatic rings. The van der Waals surface area contributed by atoms with Crippen molar-refractivity contribution in [3.05, 3.63) is 35.6 Å². The van der Waals surface area contributed by atoms with Gasteiger partial charge in [-0.3, -0.25) is 0 Å². The summed E-state index contributed by atoms with van der Waals surface area (Å²) in [6.45, 7) is 2.43. The van der Waals surface area contributed by atoms with Crippen molar-refractivity contribution < 1.29 is 9.13 Å². The molecule has 0 spiro atoms. The quantitative estimate of drug-likeness (QED) is 0.865. The summed E-state index contributed by atoms with van der Waals surface area (Å²) >= 11 is 0. The van der Waals surface area contributed by atoms with Crippen molar-refractivity contribution in [3.8, 4) is 0 Å². The predicted molar refractivity (Wildman–Crippen MR) is 64.1 cm³/mol. The summed E-state index contributed by atoms with van der Waals surface area (Å²) in [5, 5.41) is 3.50. The zero-order valence-electron chi connectivity index (χ0n) is 9.86. The van der Waals surface area contributed by atoms with Gasteiger partial charge in [0.25, 0.3) is 0 Å². The number of halogens is 1. The molecule has 1 heterocycles. The number of hydrogen-bond acceptors (Lipinski definition) is 2. The van der Waals surface area contributed by atoms with Gasteiger partial charge in [-0.2, -0.15) is 0 Å². The highest BCUT2D eigenvalue weighted by Crippen LogP contribution is 2.40. The van der Waals surface area contributed by atoms with Gasteiger partial charge in [0.2, 0.25) is 0 Å². The molecule has 1 saturated heterocycles. The molecule has 1 aliphatic heterocycles. The van der Waals surface area contributed by atoms with Crippen molar-refractivity contribution >= 4 is 0 Å². The van der Waals surface area contributed by atoms with E-state index in [-0.39, 0.29) is 5.82 Å². The lowest BCUT2D eigenvalue weighted by molar-refractivity contribution is 0.180. The smallest absolute Gasteiger partial charge is 0.123 e. The normalized spacial score (nSPS) is 28.5. The summed E-state index contributed by atoms with van der Waals surface area (Å²) in [7, 11) is 0. The molecule has 1 aliphatic carbocycles. The van der Waals surface area contributed by atoms with E-state index in [2.05, 4.69) is 5.32 Å². The van der Waals surface area contributed by atoms with Crippen molar-refractivity contribution in [2.45, 2.75) is 25.4 Å². The summed E-state index contributed by atoms with van der Waals surface area (Å²) < 4.78 is 18.6. The third-order valence-corrected chi connectivity index (χ3v) is 3.81. The first-order valence-corrected chi connectivity index (χ1v) is 6.38. The van der Waals surface area contributed by atoms with Crippen molar-refractivity contribution in [2.24, 2.45) is 11.8 Å². The Kier molecular flexibility index (Phi) is 3.12. The highest BCUT2D eigenvalue weighted by Gasteiger charge is 2.39. The van der Waals surface area contributed by atoms with Crippen LogP contribution in [-0.4, -0.2) is 19.3 Å². The van der Waals surface area contributed by atoms with Crippen LogP contribution in [0.3, 0.4) is 0 Å². The maximum absolute atomic E-state index is 13.0. The van der Waals surface area contributed by atoms with Gasteiger partial charge in [0.15, 0.2) is 0 Å². The number of nitrogens with one attached hydrogen (secondary N) is 1. The van der Waals surface area contributed by atoms with Crippen LogP contribution in [0, 0.1) is 17.7 Å². The standard InChI is InChI=1S/C14H18FNO/c15-12-3-1-2-10(6-12)7-16-14-9-17-8-13(14)11-4-5-11/h1-3,6,11,13-14,16H,4-5,7-9H2. The molecule has 1 saturated carbocycles. The second-order valence-corrected chi connectivity index (χ2v) is 5.16. The topological polar surface area (TPSA) is 21.3 Å². The largest absolute Gasteiger partial charge is 0.379 e. The third-order valence-electron chi connectivity index (χ3n) is 3.81. The van der Waals surface area contributed by atoms with Crippen LogP contribution in [0.5, 0.6) is 0 Å². The molecule has 3 heteroatoms. The number of benzene rings is 1. The van der Waals surface area contributed by atoms with E-state index in [0.717, 1.165) is 31.2 Å². The Balaban J connectivity index is 1.56. The fourth-order valence-electron chi connectivity index (χ4n) is 2.67. The van der Waals surface area contributed by atoms with E-state index in [4.69, 9.17) is 4.74 Å². The van der Waals surface area contributed by atoms with Gasteiger partial charge < -0.3 is 10.1 Å². The molecule has 17 heavy (non-hydrogen) atoms. The summed E-state index contributed by atoms with van der Waals surface area (Å²) in [4.78, 5) is 0. The Morgan fingerprint density at radius 1 is 1.29 bits per heavy atom. The van der Waals surface area contributed by atoms with Gasteiger partial charge in [-0.15, -0.1) is 0 Å². The van der Waals surface area contributed by atoms with E-state index in [1.165, 1.54) is 18.9 Å². The van der Waals surface area contributed by atoms with E-state index < -0.39 is 0 Å². The second kappa shape index (κ2) is 4.75. The lowest BCUT2D eigenvalue weighted by atomic mass is 9.98. The zero-order valence-corrected chi connectivity index (χ0v) is 9.86.